The van der Waals surface area contributed by atoms with E-state index in [1.807, 2.05) is 32.0 Å². The molecule has 0 aliphatic carbocycles. The summed E-state index contributed by atoms with van der Waals surface area (Å²) >= 11 is 0. The molecule has 34 heavy (non-hydrogen) atoms. The van der Waals surface area contributed by atoms with Gasteiger partial charge in [0.05, 0.1) is 11.9 Å². The molecular formula is C23H24F3N5O2S. The van der Waals surface area contributed by atoms with Crippen LogP contribution in [0.15, 0.2) is 42.6 Å². The van der Waals surface area contributed by atoms with E-state index in [2.05, 4.69) is 15.3 Å². The standard InChI is InChI=1S/C23H24F3N5O2S/c1-14-8-9-17(10-15(14)2)28-22-27-11-19(23(24,25)26)21(29-22)31-12-16-6-5-7-20(18(16)13-31)30(3)34(4,32)33/h5-11H,12-13H2,1-4H3,(H,27,28,29). The number of hydrogen-bond donors (Lipinski definition) is 1. The van der Waals surface area contributed by atoms with E-state index in [0.29, 0.717) is 16.9 Å². The zero-order chi connectivity index (χ0) is 24.8. The maximum atomic E-state index is 13.8. The summed E-state index contributed by atoms with van der Waals surface area (Å²) in [5, 5.41) is 2.98. The largest absolute Gasteiger partial charge is 0.421 e. The Balaban J connectivity index is 1.72. The van der Waals surface area contributed by atoms with Crippen molar-refractivity contribution < 1.29 is 21.6 Å². The number of halogens is 3. The lowest BCUT2D eigenvalue weighted by Gasteiger charge is -2.23. The second-order valence-corrected chi connectivity index (χ2v) is 10.4. The van der Waals surface area contributed by atoms with Crippen LogP contribution < -0.4 is 14.5 Å². The molecule has 0 spiro atoms. The third-order valence-electron chi connectivity index (χ3n) is 5.93. The van der Waals surface area contributed by atoms with Crippen molar-refractivity contribution in [3.8, 4) is 0 Å². The smallest absolute Gasteiger partial charge is 0.347 e. The highest BCUT2D eigenvalue weighted by atomic mass is 32.2. The van der Waals surface area contributed by atoms with Gasteiger partial charge in [0.1, 0.15) is 11.4 Å². The van der Waals surface area contributed by atoms with E-state index in [1.54, 1.807) is 18.2 Å². The van der Waals surface area contributed by atoms with Crippen molar-refractivity contribution in [3.05, 3.63) is 70.4 Å². The number of aryl methyl sites for hydroxylation is 2. The number of alkyl halides is 3. The minimum absolute atomic E-state index is 0.0377. The van der Waals surface area contributed by atoms with Crippen LogP contribution in [0.3, 0.4) is 0 Å². The van der Waals surface area contributed by atoms with Gasteiger partial charge in [-0.25, -0.2) is 13.4 Å². The summed E-state index contributed by atoms with van der Waals surface area (Å²) in [6, 6.07) is 10.7. The Bertz CT molecular complexity index is 1360. The van der Waals surface area contributed by atoms with Crippen LogP contribution in [0.5, 0.6) is 0 Å². The number of nitrogens with zero attached hydrogens (tertiary/aromatic N) is 4. The van der Waals surface area contributed by atoms with E-state index in [1.165, 1.54) is 11.9 Å². The van der Waals surface area contributed by atoms with Crippen molar-refractivity contribution >= 4 is 33.2 Å². The van der Waals surface area contributed by atoms with Gasteiger partial charge in [-0.3, -0.25) is 4.31 Å². The van der Waals surface area contributed by atoms with Gasteiger partial charge in [-0.1, -0.05) is 18.2 Å². The second-order valence-electron chi connectivity index (χ2n) is 8.35. The first-order valence-corrected chi connectivity index (χ1v) is 12.3. The fourth-order valence-corrected chi connectivity index (χ4v) is 4.38. The van der Waals surface area contributed by atoms with Crippen LogP contribution in [0.4, 0.5) is 36.3 Å². The minimum atomic E-state index is -4.66. The lowest BCUT2D eigenvalue weighted by atomic mass is 10.1. The van der Waals surface area contributed by atoms with Crippen LogP contribution in [0, 0.1) is 13.8 Å². The molecule has 2 heterocycles. The molecule has 11 heteroatoms. The summed E-state index contributed by atoms with van der Waals surface area (Å²) in [5.74, 6) is -0.228. The zero-order valence-electron chi connectivity index (χ0n) is 19.1. The number of rotatable bonds is 5. The highest BCUT2D eigenvalue weighted by Crippen LogP contribution is 2.40. The Kier molecular flexibility index (Phi) is 5.92. The third-order valence-corrected chi connectivity index (χ3v) is 7.12. The third kappa shape index (κ3) is 4.65. The SMILES string of the molecule is Cc1ccc(Nc2ncc(C(F)(F)F)c(N3Cc4cccc(N(C)S(C)(=O)=O)c4C3)n2)cc1C. The molecule has 0 bridgehead atoms. The highest BCUT2D eigenvalue weighted by molar-refractivity contribution is 7.92. The molecule has 1 N–H and O–H groups in total. The molecule has 0 fully saturated rings. The van der Waals surface area contributed by atoms with Crippen molar-refractivity contribution in [1.82, 2.24) is 9.97 Å². The van der Waals surface area contributed by atoms with E-state index in [4.69, 9.17) is 0 Å². The van der Waals surface area contributed by atoms with E-state index >= 15 is 0 Å². The van der Waals surface area contributed by atoms with Gasteiger partial charge in [0.25, 0.3) is 0 Å². The van der Waals surface area contributed by atoms with Gasteiger partial charge >= 0.3 is 6.18 Å². The molecule has 2 aromatic carbocycles. The molecule has 1 aromatic heterocycles. The molecule has 0 atom stereocenters. The fourth-order valence-electron chi connectivity index (χ4n) is 3.85. The Morgan fingerprint density at radius 3 is 2.47 bits per heavy atom. The summed E-state index contributed by atoms with van der Waals surface area (Å²) in [6.07, 6.45) is -2.80. The molecule has 0 saturated heterocycles. The van der Waals surface area contributed by atoms with Gasteiger partial charge in [-0.05, 0) is 48.7 Å². The second kappa shape index (κ2) is 8.46. The van der Waals surface area contributed by atoms with Crippen molar-refractivity contribution in [1.29, 1.82) is 0 Å². The number of benzene rings is 2. The molecule has 1 aliphatic heterocycles. The molecule has 0 unspecified atom stereocenters. The summed E-state index contributed by atoms with van der Waals surface area (Å²) in [4.78, 5) is 9.61. The summed E-state index contributed by atoms with van der Waals surface area (Å²) in [7, 11) is -2.12. The molecular weight excluding hydrogens is 467 g/mol. The monoisotopic (exact) mass is 491 g/mol. The van der Waals surface area contributed by atoms with Gasteiger partial charge < -0.3 is 10.2 Å². The quantitative estimate of drug-likeness (QED) is 0.554. The van der Waals surface area contributed by atoms with Crippen LogP contribution in [-0.4, -0.2) is 31.7 Å². The van der Waals surface area contributed by atoms with E-state index in [-0.39, 0.29) is 24.9 Å². The Labute approximate surface area is 196 Å². The molecule has 180 valence electrons. The number of nitrogens with one attached hydrogen (secondary N) is 1. The van der Waals surface area contributed by atoms with Gasteiger partial charge in [-0.15, -0.1) is 0 Å². The molecule has 1 aliphatic rings. The van der Waals surface area contributed by atoms with E-state index in [9.17, 15) is 21.6 Å². The fraction of sp³-hybridized carbons (Fsp3) is 0.304. The van der Waals surface area contributed by atoms with Crippen LogP contribution in [0.2, 0.25) is 0 Å². The average Bonchev–Trinajstić information content (AvgIpc) is 3.19. The van der Waals surface area contributed by atoms with Crippen molar-refractivity contribution in [3.63, 3.8) is 0 Å². The Hall–Kier alpha value is -3.34. The van der Waals surface area contributed by atoms with Gasteiger partial charge in [0.2, 0.25) is 16.0 Å². The van der Waals surface area contributed by atoms with Crippen LogP contribution in [0.1, 0.15) is 27.8 Å². The lowest BCUT2D eigenvalue weighted by Crippen LogP contribution is -2.26. The van der Waals surface area contributed by atoms with E-state index in [0.717, 1.165) is 33.4 Å². The van der Waals surface area contributed by atoms with Crippen LogP contribution >= 0.6 is 0 Å². The molecule has 0 amide bonds. The molecule has 4 rings (SSSR count). The number of fused-ring (bicyclic) bond motifs is 1. The predicted octanol–water partition coefficient (Wildman–Crippen LogP) is 4.77. The number of anilines is 4. The first-order chi connectivity index (χ1) is 15.8. The summed E-state index contributed by atoms with van der Waals surface area (Å²) < 4.78 is 66.8. The molecule has 3 aromatic rings. The maximum Gasteiger partial charge on any atom is 0.421 e. The topological polar surface area (TPSA) is 78.4 Å². The number of hydrogen-bond acceptors (Lipinski definition) is 6. The first-order valence-electron chi connectivity index (χ1n) is 10.4. The lowest BCUT2D eigenvalue weighted by molar-refractivity contribution is -0.137. The van der Waals surface area contributed by atoms with Crippen molar-refractivity contribution in [2.45, 2.75) is 33.1 Å². The Morgan fingerprint density at radius 2 is 1.82 bits per heavy atom. The first kappa shape index (κ1) is 23.8. The molecule has 0 radical (unpaired) electrons. The van der Waals surface area contributed by atoms with Crippen LogP contribution in [-0.2, 0) is 29.3 Å². The average molecular weight is 492 g/mol. The molecule has 0 saturated carbocycles. The van der Waals surface area contributed by atoms with Gasteiger partial charge in [0.15, 0.2) is 0 Å². The summed E-state index contributed by atoms with van der Waals surface area (Å²) in [5.41, 5.74) is 3.63. The van der Waals surface area contributed by atoms with Crippen molar-refractivity contribution in [2.75, 3.05) is 27.8 Å². The number of aromatic nitrogens is 2. The van der Waals surface area contributed by atoms with Crippen LogP contribution in [0.25, 0.3) is 0 Å². The van der Waals surface area contributed by atoms with Gasteiger partial charge in [0, 0.05) is 37.6 Å². The Morgan fingerprint density at radius 1 is 1.09 bits per heavy atom. The van der Waals surface area contributed by atoms with Crippen molar-refractivity contribution in [2.24, 2.45) is 0 Å². The van der Waals surface area contributed by atoms with Gasteiger partial charge in [-0.2, -0.15) is 18.2 Å². The highest BCUT2D eigenvalue weighted by Gasteiger charge is 2.38. The zero-order valence-corrected chi connectivity index (χ0v) is 19.9. The minimum Gasteiger partial charge on any atom is -0.347 e. The summed E-state index contributed by atoms with van der Waals surface area (Å²) in [6.45, 7) is 4.14. The predicted molar refractivity (Wildman–Crippen MR) is 126 cm³/mol. The normalized spacial score (nSPS) is 13.7. The van der Waals surface area contributed by atoms with E-state index < -0.39 is 21.8 Å². The number of sulfonamides is 1. The maximum absolute atomic E-state index is 13.8. The molecule has 7 nitrogen and oxygen atoms in total.